The first-order valence-corrected chi connectivity index (χ1v) is 36.6. The van der Waals surface area contributed by atoms with E-state index >= 15 is 0 Å². The van der Waals surface area contributed by atoms with Crippen LogP contribution in [-0.4, -0.2) is 47.4 Å². The zero-order valence-electron chi connectivity index (χ0n) is 54.3. The number of hydrogen-bond acceptors (Lipinski definition) is 5. The van der Waals surface area contributed by atoms with Gasteiger partial charge in [0.2, 0.25) is 5.91 Å². The van der Waals surface area contributed by atoms with E-state index in [0.29, 0.717) is 25.9 Å². The van der Waals surface area contributed by atoms with Gasteiger partial charge in [0, 0.05) is 12.8 Å². The van der Waals surface area contributed by atoms with Gasteiger partial charge in [-0.15, -0.1) is 0 Å². The average molecular weight is 1130 g/mol. The zero-order chi connectivity index (χ0) is 57.8. The first-order chi connectivity index (χ1) is 39.5. The smallest absolute Gasteiger partial charge is 0.305 e. The molecule has 1 amide bonds. The van der Waals surface area contributed by atoms with E-state index < -0.39 is 12.1 Å². The van der Waals surface area contributed by atoms with Crippen molar-refractivity contribution < 1.29 is 24.5 Å². The van der Waals surface area contributed by atoms with E-state index in [0.717, 1.165) is 51.4 Å². The highest BCUT2D eigenvalue weighted by Gasteiger charge is 2.20. The fourth-order valence-corrected chi connectivity index (χ4v) is 11.7. The van der Waals surface area contributed by atoms with Crippen LogP contribution in [0.5, 0.6) is 0 Å². The fourth-order valence-electron chi connectivity index (χ4n) is 11.7. The molecular weight excluding hydrogens is 983 g/mol. The van der Waals surface area contributed by atoms with E-state index in [9.17, 15) is 19.8 Å². The number of hydrogen-bond donors (Lipinski definition) is 3. The Hall–Kier alpha value is -1.66. The van der Waals surface area contributed by atoms with Crippen molar-refractivity contribution in [3.05, 3.63) is 24.3 Å². The molecule has 0 rings (SSSR count). The molecule has 0 bridgehead atoms. The number of esters is 1. The van der Waals surface area contributed by atoms with Crippen LogP contribution in [0, 0.1) is 0 Å². The first-order valence-electron chi connectivity index (χ1n) is 36.6. The minimum absolute atomic E-state index is 0.0119. The highest BCUT2D eigenvalue weighted by molar-refractivity contribution is 5.76. The molecule has 80 heavy (non-hydrogen) atoms. The fraction of sp³-hybridized carbons (Fsp3) is 0.919. The van der Waals surface area contributed by atoms with Crippen molar-refractivity contribution >= 4 is 11.9 Å². The molecule has 0 aromatic carbocycles. The maximum Gasteiger partial charge on any atom is 0.305 e. The Labute approximate surface area is 501 Å². The van der Waals surface area contributed by atoms with Crippen LogP contribution in [0.15, 0.2) is 24.3 Å². The Balaban J connectivity index is 3.34. The summed E-state index contributed by atoms with van der Waals surface area (Å²) < 4.78 is 5.50. The van der Waals surface area contributed by atoms with Gasteiger partial charge in [-0.3, -0.25) is 9.59 Å². The first kappa shape index (κ1) is 78.3. The number of ether oxygens (including phenoxy) is 1. The third-order valence-electron chi connectivity index (χ3n) is 17.3. The van der Waals surface area contributed by atoms with Gasteiger partial charge in [0.25, 0.3) is 0 Å². The van der Waals surface area contributed by atoms with Gasteiger partial charge < -0.3 is 20.3 Å². The summed E-state index contributed by atoms with van der Waals surface area (Å²) in [5.41, 5.74) is 0. The normalized spacial score (nSPS) is 12.6. The molecule has 2 unspecified atom stereocenters. The highest BCUT2D eigenvalue weighted by atomic mass is 16.5. The number of rotatable bonds is 69. The largest absolute Gasteiger partial charge is 0.466 e. The van der Waals surface area contributed by atoms with Gasteiger partial charge in [-0.25, -0.2) is 0 Å². The highest BCUT2D eigenvalue weighted by Crippen LogP contribution is 2.19. The number of nitrogens with one attached hydrogen (secondary N) is 1. The number of aliphatic hydroxyl groups is 2. The topological polar surface area (TPSA) is 95.9 Å². The number of aliphatic hydroxyl groups excluding tert-OH is 2. The summed E-state index contributed by atoms with van der Waals surface area (Å²) in [5.74, 6) is -0.0159. The molecule has 0 fully saturated rings. The summed E-state index contributed by atoms with van der Waals surface area (Å²) in [7, 11) is 0. The van der Waals surface area contributed by atoms with E-state index in [2.05, 4.69) is 43.5 Å². The minimum atomic E-state index is -0.662. The van der Waals surface area contributed by atoms with Gasteiger partial charge in [-0.1, -0.05) is 366 Å². The molecule has 0 aromatic heterocycles. The Kier molecular flexibility index (Phi) is 68.4. The van der Waals surface area contributed by atoms with Gasteiger partial charge in [-0.2, -0.15) is 0 Å². The molecular formula is C74H143NO5. The lowest BCUT2D eigenvalue weighted by molar-refractivity contribution is -0.143. The van der Waals surface area contributed by atoms with Crippen molar-refractivity contribution in [3.63, 3.8) is 0 Å². The molecule has 0 aliphatic carbocycles. The van der Waals surface area contributed by atoms with Gasteiger partial charge in [-0.05, 0) is 57.8 Å². The molecule has 2 atom stereocenters. The number of unbranched alkanes of at least 4 members (excludes halogenated alkanes) is 54. The molecule has 0 aliphatic rings. The Morgan fingerprint density at radius 2 is 0.625 bits per heavy atom. The summed E-state index contributed by atoms with van der Waals surface area (Å²) in [4.78, 5) is 24.6. The molecule has 3 N–H and O–H groups in total. The van der Waals surface area contributed by atoms with Gasteiger partial charge in [0.15, 0.2) is 0 Å². The Bertz CT molecular complexity index is 1250. The van der Waals surface area contributed by atoms with Gasteiger partial charge in [0.1, 0.15) is 0 Å². The van der Waals surface area contributed by atoms with Crippen molar-refractivity contribution in [2.75, 3.05) is 13.2 Å². The monoisotopic (exact) mass is 1130 g/mol. The van der Waals surface area contributed by atoms with Crippen LogP contribution < -0.4 is 5.32 Å². The molecule has 0 aromatic rings. The predicted molar refractivity (Wildman–Crippen MR) is 352 cm³/mol. The maximum atomic E-state index is 12.5. The van der Waals surface area contributed by atoms with E-state index in [4.69, 9.17) is 4.74 Å². The van der Waals surface area contributed by atoms with Crippen LogP contribution in [0.2, 0.25) is 0 Å². The van der Waals surface area contributed by atoms with Crippen LogP contribution in [0.1, 0.15) is 412 Å². The average Bonchev–Trinajstić information content (AvgIpc) is 3.46. The molecule has 0 heterocycles. The van der Waals surface area contributed by atoms with E-state index in [-0.39, 0.29) is 18.5 Å². The summed E-state index contributed by atoms with van der Waals surface area (Å²) in [5, 5.41) is 23.4. The standard InChI is InChI=1S/C74H143NO5/c1-3-5-7-9-11-13-15-17-19-21-35-38-42-46-50-54-58-62-66-72(77)71(70-76)75-73(78)67-63-59-55-51-47-43-39-36-32-30-28-26-24-22-23-25-27-29-31-33-37-41-45-49-53-57-61-65-69-80-74(79)68-64-60-56-52-48-44-40-34-20-18-16-14-12-10-8-6-4-2/h12,14,18,20,71-72,76-77H,3-11,13,15-17,19,21-70H2,1-2H3,(H,75,78)/b14-12-,20-18-. The van der Waals surface area contributed by atoms with Crippen LogP contribution >= 0.6 is 0 Å². The molecule has 0 radical (unpaired) electrons. The second-order valence-electron chi connectivity index (χ2n) is 25.3. The van der Waals surface area contributed by atoms with Gasteiger partial charge in [0.05, 0.1) is 25.4 Å². The van der Waals surface area contributed by atoms with Crippen molar-refractivity contribution in [1.29, 1.82) is 0 Å². The second kappa shape index (κ2) is 69.8. The van der Waals surface area contributed by atoms with E-state index in [1.807, 2.05) is 0 Å². The third kappa shape index (κ3) is 65.5. The molecule has 0 saturated carbocycles. The lowest BCUT2D eigenvalue weighted by Gasteiger charge is -2.22. The summed E-state index contributed by atoms with van der Waals surface area (Å²) in [6.07, 6.45) is 88.1. The lowest BCUT2D eigenvalue weighted by atomic mass is 10.0. The van der Waals surface area contributed by atoms with Crippen molar-refractivity contribution in [2.24, 2.45) is 0 Å². The van der Waals surface area contributed by atoms with Crippen LogP contribution in [0.4, 0.5) is 0 Å². The predicted octanol–water partition coefficient (Wildman–Crippen LogP) is 23.7. The molecule has 6 heteroatoms. The summed E-state index contributed by atoms with van der Waals surface area (Å²) in [6, 6.07) is -0.539. The van der Waals surface area contributed by atoms with Crippen LogP contribution in [0.25, 0.3) is 0 Å². The molecule has 474 valence electrons. The minimum Gasteiger partial charge on any atom is -0.466 e. The molecule has 0 aliphatic heterocycles. The molecule has 0 spiro atoms. The SMILES string of the molecule is CCCCC/C=C\C/C=C\CCCCCCCCCC(=O)OCCCCCCCCCCCCCCCCCCCCCCCCCCCCCCC(=O)NC(CO)C(O)CCCCCCCCCCCCCCCCCCCC. The zero-order valence-corrected chi connectivity index (χ0v) is 54.3. The Morgan fingerprint density at radius 1 is 0.350 bits per heavy atom. The number of carbonyl (C=O) groups is 2. The van der Waals surface area contributed by atoms with E-state index in [1.54, 1.807) is 0 Å². The van der Waals surface area contributed by atoms with Gasteiger partial charge >= 0.3 is 5.97 Å². The lowest BCUT2D eigenvalue weighted by Crippen LogP contribution is -2.45. The second-order valence-corrected chi connectivity index (χ2v) is 25.3. The number of allylic oxidation sites excluding steroid dienone is 4. The number of carbonyl (C=O) groups excluding carboxylic acids is 2. The quantitative estimate of drug-likeness (QED) is 0.0320. The molecule has 0 saturated heterocycles. The summed E-state index contributed by atoms with van der Waals surface area (Å²) >= 11 is 0. The van der Waals surface area contributed by atoms with E-state index in [1.165, 1.54) is 327 Å². The van der Waals surface area contributed by atoms with Crippen molar-refractivity contribution in [1.82, 2.24) is 5.32 Å². The van der Waals surface area contributed by atoms with Crippen molar-refractivity contribution in [2.45, 2.75) is 424 Å². The number of amides is 1. The molecule has 6 nitrogen and oxygen atoms in total. The third-order valence-corrected chi connectivity index (χ3v) is 17.3. The summed E-state index contributed by atoms with van der Waals surface area (Å²) in [6.45, 7) is 4.97. The Morgan fingerprint density at radius 3 is 0.975 bits per heavy atom. The van der Waals surface area contributed by atoms with Crippen molar-refractivity contribution in [3.8, 4) is 0 Å². The van der Waals surface area contributed by atoms with Crippen LogP contribution in [0.3, 0.4) is 0 Å². The maximum absolute atomic E-state index is 12.5. The van der Waals surface area contributed by atoms with Crippen LogP contribution in [-0.2, 0) is 14.3 Å².